The summed E-state index contributed by atoms with van der Waals surface area (Å²) in [7, 11) is 0. The van der Waals surface area contributed by atoms with Crippen LogP contribution in [0.1, 0.15) is 24.2 Å². The molecule has 1 aliphatic rings. The van der Waals surface area contributed by atoms with Gasteiger partial charge in [0, 0.05) is 18.7 Å². The molecule has 4 heteroatoms. The van der Waals surface area contributed by atoms with Gasteiger partial charge in [0.2, 0.25) is 5.91 Å². The molecule has 0 radical (unpaired) electrons. The van der Waals surface area contributed by atoms with Gasteiger partial charge < -0.3 is 9.80 Å². The molecule has 1 atom stereocenters. The highest BCUT2D eigenvalue weighted by Gasteiger charge is 2.33. The van der Waals surface area contributed by atoms with Gasteiger partial charge in [-0.05, 0) is 31.2 Å². The van der Waals surface area contributed by atoms with E-state index in [4.69, 9.17) is 0 Å². The Balaban J connectivity index is 2.09. The van der Waals surface area contributed by atoms with Crippen molar-refractivity contribution in [3.63, 3.8) is 0 Å². The third-order valence-corrected chi connectivity index (χ3v) is 4.30. The second-order valence-corrected chi connectivity index (χ2v) is 6.55. The first-order valence-corrected chi connectivity index (χ1v) is 8.40. The number of fused-ring (bicyclic) bond motifs is 1. The molecule has 2 aromatic rings. The maximum Gasteiger partial charge on any atom is 0.258 e. The number of carbonyl (C=O) groups excluding carboxylic acids is 2. The number of benzene rings is 2. The summed E-state index contributed by atoms with van der Waals surface area (Å²) in [4.78, 5) is 29.4. The summed E-state index contributed by atoms with van der Waals surface area (Å²) in [6.07, 6.45) is 0. The lowest BCUT2D eigenvalue weighted by atomic mass is 10.1. The first kappa shape index (κ1) is 17.0. The molecule has 0 aliphatic carbocycles. The largest absolute Gasteiger partial charge is 0.306 e. The lowest BCUT2D eigenvalue weighted by Crippen LogP contribution is -2.38. The fourth-order valence-corrected chi connectivity index (χ4v) is 3.12. The van der Waals surface area contributed by atoms with Gasteiger partial charge in [-0.3, -0.25) is 9.59 Å². The van der Waals surface area contributed by atoms with E-state index in [1.807, 2.05) is 56.3 Å². The minimum absolute atomic E-state index is 0.0128. The summed E-state index contributed by atoms with van der Waals surface area (Å²) in [5, 5.41) is 0. The SMILES string of the molecule is C=C(C)CN1C(=O)C(C)CN(C(=O)c2ccccc2)c2ccccc21. The quantitative estimate of drug-likeness (QED) is 0.799. The molecule has 0 saturated carbocycles. The molecule has 0 saturated heterocycles. The standard InChI is InChI=1S/C21H22N2O2/c1-15(2)13-22-18-11-7-8-12-19(18)23(14-16(3)20(22)24)21(25)17-9-5-4-6-10-17/h4-12,16H,1,13-14H2,2-3H3. The third-order valence-electron chi connectivity index (χ3n) is 4.30. The number of para-hydroxylation sites is 2. The van der Waals surface area contributed by atoms with Crippen LogP contribution < -0.4 is 9.80 Å². The Kier molecular flexibility index (Phi) is 4.70. The van der Waals surface area contributed by atoms with Crippen LogP contribution in [0.2, 0.25) is 0 Å². The van der Waals surface area contributed by atoms with Crippen molar-refractivity contribution in [1.82, 2.24) is 0 Å². The van der Waals surface area contributed by atoms with Gasteiger partial charge in [0.15, 0.2) is 0 Å². The normalized spacial score (nSPS) is 17.0. The Bertz CT molecular complexity index is 814. The zero-order valence-electron chi connectivity index (χ0n) is 14.6. The predicted molar refractivity (Wildman–Crippen MR) is 101 cm³/mol. The fourth-order valence-electron chi connectivity index (χ4n) is 3.12. The van der Waals surface area contributed by atoms with Gasteiger partial charge in [0.1, 0.15) is 0 Å². The molecule has 2 aromatic carbocycles. The lowest BCUT2D eigenvalue weighted by Gasteiger charge is -2.25. The molecule has 0 spiro atoms. The molecule has 128 valence electrons. The van der Waals surface area contributed by atoms with E-state index in [0.717, 1.165) is 16.9 Å². The summed E-state index contributed by atoms with van der Waals surface area (Å²) in [5.74, 6) is -0.372. The Morgan fingerprint density at radius 3 is 2.32 bits per heavy atom. The number of hydrogen-bond acceptors (Lipinski definition) is 2. The van der Waals surface area contributed by atoms with Crippen molar-refractivity contribution in [1.29, 1.82) is 0 Å². The van der Waals surface area contributed by atoms with Crippen molar-refractivity contribution in [3.8, 4) is 0 Å². The monoisotopic (exact) mass is 334 g/mol. The van der Waals surface area contributed by atoms with Crippen LogP contribution in [0.3, 0.4) is 0 Å². The Labute approximate surface area is 148 Å². The van der Waals surface area contributed by atoms with Crippen LogP contribution >= 0.6 is 0 Å². The van der Waals surface area contributed by atoms with E-state index in [0.29, 0.717) is 18.7 Å². The van der Waals surface area contributed by atoms with Crippen LogP contribution in [0.4, 0.5) is 11.4 Å². The summed E-state index contributed by atoms with van der Waals surface area (Å²) in [5.41, 5.74) is 3.03. The second kappa shape index (κ2) is 6.93. The smallest absolute Gasteiger partial charge is 0.258 e. The van der Waals surface area contributed by atoms with E-state index >= 15 is 0 Å². The highest BCUT2D eigenvalue weighted by molar-refractivity contribution is 6.11. The highest BCUT2D eigenvalue weighted by atomic mass is 16.2. The number of rotatable bonds is 3. The van der Waals surface area contributed by atoms with Gasteiger partial charge in [-0.1, -0.05) is 49.4 Å². The van der Waals surface area contributed by atoms with E-state index in [9.17, 15) is 9.59 Å². The lowest BCUT2D eigenvalue weighted by molar-refractivity contribution is -0.121. The molecule has 1 unspecified atom stereocenters. The average Bonchev–Trinajstić information content (AvgIpc) is 2.72. The molecule has 0 fully saturated rings. The topological polar surface area (TPSA) is 40.6 Å². The molecular weight excluding hydrogens is 312 g/mol. The molecule has 0 aromatic heterocycles. The first-order chi connectivity index (χ1) is 12.0. The number of nitrogens with zero attached hydrogens (tertiary/aromatic N) is 2. The number of hydrogen-bond donors (Lipinski definition) is 0. The molecule has 0 N–H and O–H groups in total. The zero-order valence-corrected chi connectivity index (χ0v) is 14.6. The van der Waals surface area contributed by atoms with Crippen molar-refractivity contribution in [2.75, 3.05) is 22.9 Å². The summed E-state index contributed by atoms with van der Waals surface area (Å²) < 4.78 is 0. The molecule has 3 rings (SSSR count). The second-order valence-electron chi connectivity index (χ2n) is 6.55. The van der Waals surface area contributed by atoms with E-state index in [-0.39, 0.29) is 17.7 Å². The van der Waals surface area contributed by atoms with E-state index in [1.165, 1.54) is 0 Å². The molecular formula is C21H22N2O2. The molecule has 0 bridgehead atoms. The van der Waals surface area contributed by atoms with Gasteiger partial charge in [0.05, 0.1) is 17.3 Å². The summed E-state index contributed by atoms with van der Waals surface area (Å²) in [6, 6.07) is 16.7. The zero-order chi connectivity index (χ0) is 18.0. The van der Waals surface area contributed by atoms with Gasteiger partial charge in [0.25, 0.3) is 5.91 Å². The van der Waals surface area contributed by atoms with Crippen LogP contribution in [0.5, 0.6) is 0 Å². The average molecular weight is 334 g/mol. The van der Waals surface area contributed by atoms with Crippen LogP contribution in [0, 0.1) is 5.92 Å². The van der Waals surface area contributed by atoms with Crippen LogP contribution in [0.25, 0.3) is 0 Å². The maximum atomic E-state index is 13.1. The summed E-state index contributed by atoms with van der Waals surface area (Å²) in [6.45, 7) is 8.52. The fraction of sp³-hybridized carbons (Fsp3) is 0.238. The minimum Gasteiger partial charge on any atom is -0.306 e. The Morgan fingerprint density at radius 1 is 1.08 bits per heavy atom. The third kappa shape index (κ3) is 3.33. The van der Waals surface area contributed by atoms with Crippen molar-refractivity contribution in [3.05, 3.63) is 72.3 Å². The van der Waals surface area contributed by atoms with E-state index in [2.05, 4.69) is 6.58 Å². The van der Waals surface area contributed by atoms with Crippen LogP contribution in [-0.4, -0.2) is 24.9 Å². The highest BCUT2D eigenvalue weighted by Crippen LogP contribution is 2.35. The van der Waals surface area contributed by atoms with Crippen molar-refractivity contribution in [2.45, 2.75) is 13.8 Å². The van der Waals surface area contributed by atoms with Gasteiger partial charge in [-0.2, -0.15) is 0 Å². The van der Waals surface area contributed by atoms with E-state index < -0.39 is 0 Å². The van der Waals surface area contributed by atoms with Crippen LogP contribution in [0.15, 0.2) is 66.7 Å². The van der Waals surface area contributed by atoms with Crippen molar-refractivity contribution >= 4 is 23.2 Å². The maximum absolute atomic E-state index is 13.1. The summed E-state index contributed by atoms with van der Waals surface area (Å²) >= 11 is 0. The molecule has 25 heavy (non-hydrogen) atoms. The number of carbonyl (C=O) groups is 2. The molecule has 2 amide bonds. The molecule has 4 nitrogen and oxygen atoms in total. The number of anilines is 2. The van der Waals surface area contributed by atoms with Crippen molar-refractivity contribution in [2.24, 2.45) is 5.92 Å². The first-order valence-electron chi connectivity index (χ1n) is 8.40. The van der Waals surface area contributed by atoms with Crippen LogP contribution in [-0.2, 0) is 4.79 Å². The van der Waals surface area contributed by atoms with Crippen molar-refractivity contribution < 1.29 is 9.59 Å². The Hall–Kier alpha value is -2.88. The Morgan fingerprint density at radius 2 is 1.68 bits per heavy atom. The molecule has 1 heterocycles. The van der Waals surface area contributed by atoms with E-state index in [1.54, 1.807) is 21.9 Å². The van der Waals surface area contributed by atoms with Gasteiger partial charge in [-0.15, -0.1) is 0 Å². The predicted octanol–water partition coefficient (Wildman–Crippen LogP) is 3.89. The van der Waals surface area contributed by atoms with Gasteiger partial charge >= 0.3 is 0 Å². The number of amides is 2. The minimum atomic E-state index is -0.292. The molecule has 1 aliphatic heterocycles. The van der Waals surface area contributed by atoms with Gasteiger partial charge in [-0.25, -0.2) is 0 Å².